The van der Waals surface area contributed by atoms with Crippen molar-refractivity contribution in [3.63, 3.8) is 0 Å². The lowest BCUT2D eigenvalue weighted by Gasteiger charge is -2.23. The second-order valence-corrected chi connectivity index (χ2v) is 4.38. The van der Waals surface area contributed by atoms with Gasteiger partial charge in [-0.2, -0.15) is 0 Å². The Morgan fingerprint density at radius 3 is 2.47 bits per heavy atom. The zero-order valence-electron chi connectivity index (χ0n) is 11.3. The van der Waals surface area contributed by atoms with E-state index in [9.17, 15) is 9.90 Å². The van der Waals surface area contributed by atoms with Gasteiger partial charge in [0, 0.05) is 6.04 Å². The average Bonchev–Trinajstić information content (AvgIpc) is 2.42. The summed E-state index contributed by atoms with van der Waals surface area (Å²) in [6.07, 6.45) is -0.0906. The van der Waals surface area contributed by atoms with E-state index < -0.39 is 18.1 Å². The van der Waals surface area contributed by atoms with Crippen LogP contribution in [0.1, 0.15) is 31.4 Å². The monoisotopic (exact) mass is 267 g/mol. The quantitative estimate of drug-likeness (QED) is 0.666. The highest BCUT2D eigenvalue weighted by Crippen LogP contribution is 2.21. The maximum absolute atomic E-state index is 10.8. The maximum Gasteiger partial charge on any atom is 0.305 e. The van der Waals surface area contributed by atoms with E-state index in [1.807, 2.05) is 6.92 Å². The number of methoxy groups -OCH3 is 1. The minimum absolute atomic E-state index is 0.118. The highest BCUT2D eigenvalue weighted by molar-refractivity contribution is 5.67. The largest absolute Gasteiger partial charge is 0.497 e. The summed E-state index contributed by atoms with van der Waals surface area (Å²) in [4.78, 5) is 10.8. The second-order valence-electron chi connectivity index (χ2n) is 4.38. The number of aliphatic hydroxyl groups excluding tert-OH is 1. The standard InChI is InChI=1S/C14H21NO4/c1-3-8-15-12(9-13(16)17)14(18)10-4-6-11(19-2)7-5-10/h4-7,12,14-15,18H,3,8-9H2,1-2H3,(H,16,17). The van der Waals surface area contributed by atoms with Crippen LogP contribution in [0.3, 0.4) is 0 Å². The molecular formula is C14H21NO4. The molecule has 0 bridgehead atoms. The molecule has 0 radical (unpaired) electrons. The minimum Gasteiger partial charge on any atom is -0.497 e. The van der Waals surface area contributed by atoms with Crippen molar-refractivity contribution in [3.05, 3.63) is 29.8 Å². The van der Waals surface area contributed by atoms with Crippen molar-refractivity contribution in [1.82, 2.24) is 5.32 Å². The predicted molar refractivity (Wildman–Crippen MR) is 72.3 cm³/mol. The Balaban J connectivity index is 2.77. The molecule has 5 nitrogen and oxygen atoms in total. The van der Waals surface area contributed by atoms with Crippen LogP contribution < -0.4 is 10.1 Å². The van der Waals surface area contributed by atoms with Crippen LogP contribution in [0.15, 0.2) is 24.3 Å². The van der Waals surface area contributed by atoms with Gasteiger partial charge in [0.2, 0.25) is 0 Å². The molecule has 2 atom stereocenters. The van der Waals surface area contributed by atoms with Gasteiger partial charge in [-0.15, -0.1) is 0 Å². The first-order chi connectivity index (χ1) is 9.08. The molecule has 0 aliphatic rings. The summed E-state index contributed by atoms with van der Waals surface area (Å²) < 4.78 is 5.05. The van der Waals surface area contributed by atoms with Gasteiger partial charge < -0.3 is 20.3 Å². The maximum atomic E-state index is 10.8. The molecule has 0 heterocycles. The minimum atomic E-state index is -0.929. The van der Waals surface area contributed by atoms with Crippen LogP contribution in [0.25, 0.3) is 0 Å². The molecule has 1 aromatic rings. The number of benzene rings is 1. The first-order valence-corrected chi connectivity index (χ1v) is 6.35. The Labute approximate surface area is 113 Å². The van der Waals surface area contributed by atoms with Gasteiger partial charge in [-0.3, -0.25) is 4.79 Å². The van der Waals surface area contributed by atoms with Crippen molar-refractivity contribution in [2.75, 3.05) is 13.7 Å². The molecule has 1 aromatic carbocycles. The Bertz CT molecular complexity index is 391. The molecule has 0 amide bonds. The third kappa shape index (κ3) is 4.89. The zero-order chi connectivity index (χ0) is 14.3. The molecule has 106 valence electrons. The van der Waals surface area contributed by atoms with Gasteiger partial charge in [-0.1, -0.05) is 19.1 Å². The number of ether oxygens (including phenoxy) is 1. The first kappa shape index (κ1) is 15.5. The zero-order valence-corrected chi connectivity index (χ0v) is 11.3. The summed E-state index contributed by atoms with van der Waals surface area (Å²) in [5.41, 5.74) is 0.677. The third-order valence-electron chi connectivity index (χ3n) is 2.89. The van der Waals surface area contributed by atoms with Crippen molar-refractivity contribution >= 4 is 5.97 Å². The van der Waals surface area contributed by atoms with E-state index in [1.165, 1.54) is 0 Å². The van der Waals surface area contributed by atoms with Crippen molar-refractivity contribution in [2.24, 2.45) is 0 Å². The topological polar surface area (TPSA) is 78.8 Å². The first-order valence-electron chi connectivity index (χ1n) is 6.35. The Morgan fingerprint density at radius 2 is 2.00 bits per heavy atom. The van der Waals surface area contributed by atoms with Gasteiger partial charge >= 0.3 is 5.97 Å². The highest BCUT2D eigenvalue weighted by Gasteiger charge is 2.22. The van der Waals surface area contributed by atoms with Crippen LogP contribution in [0.5, 0.6) is 5.75 Å². The van der Waals surface area contributed by atoms with Crippen LogP contribution in [0.2, 0.25) is 0 Å². The number of aliphatic hydroxyl groups is 1. The molecule has 0 spiro atoms. The Hall–Kier alpha value is -1.59. The summed E-state index contributed by atoms with van der Waals surface area (Å²) >= 11 is 0. The molecule has 19 heavy (non-hydrogen) atoms. The smallest absolute Gasteiger partial charge is 0.305 e. The van der Waals surface area contributed by atoms with Crippen LogP contribution in [0.4, 0.5) is 0 Å². The number of nitrogens with one attached hydrogen (secondary N) is 1. The molecule has 3 N–H and O–H groups in total. The van der Waals surface area contributed by atoms with E-state index in [4.69, 9.17) is 9.84 Å². The molecule has 1 rings (SSSR count). The molecule has 0 saturated heterocycles. The fraction of sp³-hybridized carbons (Fsp3) is 0.500. The lowest BCUT2D eigenvalue weighted by Crippen LogP contribution is -2.37. The lowest BCUT2D eigenvalue weighted by molar-refractivity contribution is -0.138. The van der Waals surface area contributed by atoms with Crippen molar-refractivity contribution in [1.29, 1.82) is 0 Å². The fourth-order valence-electron chi connectivity index (χ4n) is 1.85. The van der Waals surface area contributed by atoms with Crippen LogP contribution in [-0.4, -0.2) is 35.9 Å². The van der Waals surface area contributed by atoms with Crippen LogP contribution in [0, 0.1) is 0 Å². The number of aliphatic carboxylic acids is 1. The van der Waals surface area contributed by atoms with Gasteiger partial charge in [0.15, 0.2) is 0 Å². The van der Waals surface area contributed by atoms with E-state index in [0.717, 1.165) is 6.42 Å². The number of hydrogen-bond donors (Lipinski definition) is 3. The summed E-state index contributed by atoms with van der Waals surface area (Å²) in [6.45, 7) is 2.66. The Morgan fingerprint density at radius 1 is 1.37 bits per heavy atom. The van der Waals surface area contributed by atoms with Crippen molar-refractivity contribution < 1.29 is 19.7 Å². The second kappa shape index (κ2) is 7.76. The van der Waals surface area contributed by atoms with E-state index in [1.54, 1.807) is 31.4 Å². The summed E-state index contributed by atoms with van der Waals surface area (Å²) in [5, 5.41) is 22.2. The van der Waals surface area contributed by atoms with Gasteiger partial charge in [0.25, 0.3) is 0 Å². The number of rotatable bonds is 8. The Kier molecular flexibility index (Phi) is 6.32. The molecule has 0 saturated carbocycles. The van der Waals surface area contributed by atoms with Crippen LogP contribution in [-0.2, 0) is 4.79 Å². The van der Waals surface area contributed by atoms with Crippen LogP contribution >= 0.6 is 0 Å². The summed E-state index contributed by atoms with van der Waals surface area (Å²) in [7, 11) is 1.57. The number of carboxylic acids is 1. The van der Waals surface area contributed by atoms with Crippen molar-refractivity contribution in [3.8, 4) is 5.75 Å². The summed E-state index contributed by atoms with van der Waals surface area (Å²) in [5.74, 6) is -0.228. The average molecular weight is 267 g/mol. The van der Waals surface area contributed by atoms with Gasteiger partial charge in [0.05, 0.1) is 19.6 Å². The van der Waals surface area contributed by atoms with E-state index in [-0.39, 0.29) is 6.42 Å². The van der Waals surface area contributed by atoms with E-state index in [2.05, 4.69) is 5.32 Å². The highest BCUT2D eigenvalue weighted by atomic mass is 16.5. The normalized spacial score (nSPS) is 13.8. The van der Waals surface area contributed by atoms with Crippen molar-refractivity contribution in [2.45, 2.75) is 31.9 Å². The van der Waals surface area contributed by atoms with E-state index in [0.29, 0.717) is 17.9 Å². The number of carbonyl (C=O) groups is 1. The molecule has 0 aliphatic heterocycles. The van der Waals surface area contributed by atoms with Gasteiger partial charge in [0.1, 0.15) is 5.75 Å². The molecular weight excluding hydrogens is 246 g/mol. The van der Waals surface area contributed by atoms with E-state index >= 15 is 0 Å². The van der Waals surface area contributed by atoms with Gasteiger partial charge in [-0.05, 0) is 30.7 Å². The SMILES string of the molecule is CCCNC(CC(=O)O)C(O)c1ccc(OC)cc1. The fourth-order valence-corrected chi connectivity index (χ4v) is 1.85. The predicted octanol–water partition coefficient (Wildman–Crippen LogP) is 1.57. The molecule has 5 heteroatoms. The lowest BCUT2D eigenvalue weighted by atomic mass is 9.99. The molecule has 2 unspecified atom stereocenters. The third-order valence-corrected chi connectivity index (χ3v) is 2.89. The summed E-state index contributed by atoms with van der Waals surface area (Å²) in [6, 6.07) is 6.48. The molecule has 0 fully saturated rings. The number of hydrogen-bond acceptors (Lipinski definition) is 4. The molecule has 0 aliphatic carbocycles. The van der Waals surface area contributed by atoms with Gasteiger partial charge in [-0.25, -0.2) is 0 Å². The molecule has 0 aromatic heterocycles. The number of carboxylic acid groups (broad SMARTS) is 1.